The molecule has 0 saturated heterocycles. The number of sulfonamides is 1. The predicted octanol–water partition coefficient (Wildman–Crippen LogP) is 0.920. The second-order valence-electron chi connectivity index (χ2n) is 4.03. The fourth-order valence-corrected chi connectivity index (χ4v) is 2.46. The third-order valence-electron chi connectivity index (χ3n) is 2.55. The van der Waals surface area contributed by atoms with Gasteiger partial charge in [0.25, 0.3) is 0 Å². The van der Waals surface area contributed by atoms with Gasteiger partial charge in [-0.1, -0.05) is 0 Å². The molecule has 0 aliphatic rings. The summed E-state index contributed by atoms with van der Waals surface area (Å²) in [5, 5.41) is 0. The molecule has 102 valence electrons. The van der Waals surface area contributed by atoms with E-state index in [-0.39, 0.29) is 18.0 Å². The highest BCUT2D eigenvalue weighted by atomic mass is 32.2. The molecular weight excluding hydrogens is 266 g/mol. The summed E-state index contributed by atoms with van der Waals surface area (Å²) in [5.41, 5.74) is 6.05. The zero-order chi connectivity index (χ0) is 13.9. The van der Waals surface area contributed by atoms with Gasteiger partial charge in [0.15, 0.2) is 0 Å². The molecule has 19 heavy (non-hydrogen) atoms. The summed E-state index contributed by atoms with van der Waals surface area (Å²) in [7, 11) is -3.59. The van der Waals surface area contributed by atoms with E-state index in [1.807, 2.05) is 0 Å². The molecule has 6 nitrogen and oxygen atoms in total. The maximum Gasteiger partial charge on any atom is 0.242 e. The van der Waals surface area contributed by atoms with Crippen LogP contribution in [-0.2, 0) is 23.1 Å². The Morgan fingerprint density at radius 3 is 2.63 bits per heavy atom. The van der Waals surface area contributed by atoms with E-state index in [4.69, 9.17) is 10.2 Å². The second-order valence-corrected chi connectivity index (χ2v) is 5.79. The van der Waals surface area contributed by atoms with Crippen LogP contribution in [0.4, 0.5) is 0 Å². The van der Waals surface area contributed by atoms with Gasteiger partial charge in [0.05, 0.1) is 12.2 Å². The normalized spacial score (nSPS) is 11.7. The highest BCUT2D eigenvalue weighted by Crippen LogP contribution is 2.10. The van der Waals surface area contributed by atoms with Crippen molar-refractivity contribution in [2.24, 2.45) is 5.73 Å². The lowest BCUT2D eigenvalue weighted by Gasteiger charge is -2.05. The van der Waals surface area contributed by atoms with Gasteiger partial charge in [0.2, 0.25) is 10.0 Å². The molecule has 2 aromatic rings. The molecule has 2 heterocycles. The van der Waals surface area contributed by atoms with Crippen molar-refractivity contribution in [2.75, 3.05) is 0 Å². The van der Waals surface area contributed by atoms with Crippen molar-refractivity contribution in [3.05, 3.63) is 47.7 Å². The number of nitrogens with two attached hydrogens (primary N) is 1. The first-order chi connectivity index (χ1) is 9.01. The Balaban J connectivity index is 2.09. The number of furan rings is 1. The summed E-state index contributed by atoms with van der Waals surface area (Å²) in [6.45, 7) is 2.18. The zero-order valence-corrected chi connectivity index (χ0v) is 11.3. The number of hydrogen-bond donors (Lipinski definition) is 2. The molecule has 7 heteroatoms. The lowest BCUT2D eigenvalue weighted by molar-refractivity contribution is 0.475. The first-order valence-corrected chi connectivity index (χ1v) is 7.19. The van der Waals surface area contributed by atoms with E-state index < -0.39 is 10.0 Å². The number of nitrogens with one attached hydrogen (secondary N) is 1. The van der Waals surface area contributed by atoms with E-state index in [1.165, 1.54) is 12.3 Å². The van der Waals surface area contributed by atoms with Crippen LogP contribution in [0.25, 0.3) is 0 Å². The number of aromatic nitrogens is 1. The monoisotopic (exact) mass is 281 g/mol. The van der Waals surface area contributed by atoms with Gasteiger partial charge in [-0.2, -0.15) is 0 Å². The van der Waals surface area contributed by atoms with Gasteiger partial charge in [-0.3, -0.25) is 4.98 Å². The van der Waals surface area contributed by atoms with Gasteiger partial charge >= 0.3 is 0 Å². The Labute approximate surface area is 111 Å². The molecule has 0 aliphatic heterocycles. The van der Waals surface area contributed by atoms with E-state index in [1.54, 1.807) is 25.1 Å². The first kappa shape index (κ1) is 13.7. The Morgan fingerprint density at radius 2 is 2.11 bits per heavy atom. The van der Waals surface area contributed by atoms with Gasteiger partial charge in [0, 0.05) is 12.7 Å². The van der Waals surface area contributed by atoms with Crippen molar-refractivity contribution in [2.45, 2.75) is 24.9 Å². The van der Waals surface area contributed by atoms with Crippen LogP contribution in [0.2, 0.25) is 0 Å². The highest BCUT2D eigenvalue weighted by molar-refractivity contribution is 7.89. The first-order valence-electron chi connectivity index (χ1n) is 5.71. The molecule has 0 fully saturated rings. The molecule has 2 aromatic heterocycles. The second kappa shape index (κ2) is 5.52. The van der Waals surface area contributed by atoms with Crippen LogP contribution in [0.3, 0.4) is 0 Å². The van der Waals surface area contributed by atoms with Crippen LogP contribution in [0, 0.1) is 6.92 Å². The van der Waals surface area contributed by atoms with E-state index >= 15 is 0 Å². The van der Waals surface area contributed by atoms with Gasteiger partial charge in [-0.15, -0.1) is 0 Å². The number of nitrogens with zero attached hydrogens (tertiary/aromatic N) is 1. The maximum atomic E-state index is 12.0. The number of hydrogen-bond acceptors (Lipinski definition) is 5. The molecule has 0 unspecified atom stereocenters. The zero-order valence-electron chi connectivity index (χ0n) is 10.5. The molecule has 0 aromatic carbocycles. The lowest BCUT2D eigenvalue weighted by Crippen LogP contribution is -2.23. The third-order valence-corrected chi connectivity index (χ3v) is 3.94. The van der Waals surface area contributed by atoms with Gasteiger partial charge in [-0.25, -0.2) is 13.1 Å². The average Bonchev–Trinajstić information content (AvgIpc) is 2.82. The quantitative estimate of drug-likeness (QED) is 0.849. The van der Waals surface area contributed by atoms with Crippen molar-refractivity contribution in [3.63, 3.8) is 0 Å². The van der Waals surface area contributed by atoms with Crippen molar-refractivity contribution >= 4 is 10.0 Å². The van der Waals surface area contributed by atoms with Crippen LogP contribution >= 0.6 is 0 Å². The summed E-state index contributed by atoms with van der Waals surface area (Å²) >= 11 is 0. The summed E-state index contributed by atoms with van der Waals surface area (Å²) in [6.07, 6.45) is 1.29. The highest BCUT2D eigenvalue weighted by Gasteiger charge is 2.14. The molecule has 0 aliphatic carbocycles. The smallest absolute Gasteiger partial charge is 0.242 e. The molecular formula is C12H15N3O3S. The Bertz CT molecular complexity index is 647. The van der Waals surface area contributed by atoms with E-state index in [0.717, 1.165) is 5.76 Å². The molecule has 0 spiro atoms. The van der Waals surface area contributed by atoms with Crippen molar-refractivity contribution in [1.29, 1.82) is 0 Å². The number of rotatable bonds is 5. The molecule has 0 atom stereocenters. The van der Waals surface area contributed by atoms with Crippen LogP contribution in [0.1, 0.15) is 17.2 Å². The summed E-state index contributed by atoms with van der Waals surface area (Å²) in [6, 6.07) is 6.57. The van der Waals surface area contributed by atoms with Crippen LogP contribution < -0.4 is 10.5 Å². The fraction of sp³-hybridized carbons (Fsp3) is 0.250. The van der Waals surface area contributed by atoms with Crippen LogP contribution in [0.15, 0.2) is 39.8 Å². The summed E-state index contributed by atoms with van der Waals surface area (Å²) in [5.74, 6) is 1.30. The molecule has 3 N–H and O–H groups in total. The van der Waals surface area contributed by atoms with E-state index in [0.29, 0.717) is 11.5 Å². The fourth-order valence-electron chi connectivity index (χ4n) is 1.52. The Hall–Kier alpha value is -1.70. The Kier molecular flexibility index (Phi) is 3.98. The lowest BCUT2D eigenvalue weighted by atomic mass is 10.4. The van der Waals surface area contributed by atoms with Crippen molar-refractivity contribution in [3.8, 4) is 0 Å². The molecule has 0 amide bonds. The van der Waals surface area contributed by atoms with E-state index in [2.05, 4.69) is 9.71 Å². The largest absolute Gasteiger partial charge is 0.465 e. The summed E-state index contributed by atoms with van der Waals surface area (Å²) in [4.78, 5) is 4.06. The Morgan fingerprint density at radius 1 is 1.32 bits per heavy atom. The van der Waals surface area contributed by atoms with Gasteiger partial charge < -0.3 is 10.2 Å². The molecule has 0 bridgehead atoms. The van der Waals surface area contributed by atoms with Crippen LogP contribution in [0.5, 0.6) is 0 Å². The third kappa shape index (κ3) is 3.40. The topological polar surface area (TPSA) is 98.2 Å². The minimum absolute atomic E-state index is 0.105. The SMILES string of the molecule is Cc1ccc(CNS(=O)(=O)c2ccc(CN)nc2)o1. The molecule has 0 radical (unpaired) electrons. The maximum absolute atomic E-state index is 12.0. The molecule has 2 rings (SSSR count). The summed E-state index contributed by atoms with van der Waals surface area (Å²) < 4.78 is 31.7. The minimum Gasteiger partial charge on any atom is -0.465 e. The van der Waals surface area contributed by atoms with Gasteiger partial charge in [-0.05, 0) is 31.2 Å². The molecule has 0 saturated carbocycles. The van der Waals surface area contributed by atoms with Gasteiger partial charge in [0.1, 0.15) is 16.4 Å². The van der Waals surface area contributed by atoms with Crippen molar-refractivity contribution in [1.82, 2.24) is 9.71 Å². The number of aryl methyl sites for hydroxylation is 1. The predicted molar refractivity (Wildman–Crippen MR) is 69.6 cm³/mol. The van der Waals surface area contributed by atoms with E-state index in [9.17, 15) is 8.42 Å². The number of pyridine rings is 1. The van der Waals surface area contributed by atoms with Crippen LogP contribution in [-0.4, -0.2) is 13.4 Å². The standard InChI is InChI=1S/C12H15N3O3S/c1-9-2-4-11(18-9)7-15-19(16,17)12-5-3-10(6-13)14-8-12/h2-5,8,15H,6-7,13H2,1H3. The average molecular weight is 281 g/mol. The minimum atomic E-state index is -3.59. The van der Waals surface area contributed by atoms with Crippen molar-refractivity contribution < 1.29 is 12.8 Å².